The van der Waals surface area contributed by atoms with Crippen LogP contribution in [0.25, 0.3) is 22.2 Å². The Hall–Kier alpha value is -3.16. The summed E-state index contributed by atoms with van der Waals surface area (Å²) in [5.74, 6) is -0.494. The molecule has 1 N–H and O–H groups in total. The highest BCUT2D eigenvalue weighted by atomic mass is 35.5. The van der Waals surface area contributed by atoms with E-state index >= 15 is 0 Å². The molecule has 0 saturated carbocycles. The first-order chi connectivity index (χ1) is 15.1. The first kappa shape index (κ1) is 19.8. The number of hydrogen-bond acceptors (Lipinski definition) is 4. The molecule has 0 aliphatic carbocycles. The maximum Gasteiger partial charge on any atom is 0.251 e. The van der Waals surface area contributed by atoms with Gasteiger partial charge in [-0.15, -0.1) is 0 Å². The third-order valence-corrected chi connectivity index (χ3v) is 5.84. The number of rotatable bonds is 4. The van der Waals surface area contributed by atoms with E-state index < -0.39 is 5.82 Å². The molecule has 31 heavy (non-hydrogen) atoms. The van der Waals surface area contributed by atoms with Crippen LogP contribution in [0, 0.1) is 5.82 Å². The summed E-state index contributed by atoms with van der Waals surface area (Å²) in [6.45, 7) is 3.33. The zero-order valence-corrected chi connectivity index (χ0v) is 17.4. The van der Waals surface area contributed by atoms with Crippen LogP contribution in [0.3, 0.4) is 0 Å². The average molecular weight is 439 g/mol. The molecule has 4 heterocycles. The highest BCUT2D eigenvalue weighted by Gasteiger charge is 2.15. The van der Waals surface area contributed by atoms with Crippen LogP contribution >= 0.6 is 11.6 Å². The van der Waals surface area contributed by atoms with Gasteiger partial charge in [0.1, 0.15) is 11.5 Å². The number of pyridine rings is 2. The highest BCUT2D eigenvalue weighted by molar-refractivity contribution is 6.30. The number of hydrogen-bond donors (Lipinski definition) is 1. The number of fused-ring (bicyclic) bond motifs is 1. The second-order valence-corrected chi connectivity index (χ2v) is 7.93. The van der Waals surface area contributed by atoms with Gasteiger partial charge in [-0.25, -0.2) is 9.37 Å². The highest BCUT2D eigenvalue weighted by Crippen LogP contribution is 2.30. The summed E-state index contributed by atoms with van der Waals surface area (Å²) in [6.07, 6.45) is 5.45. The second-order valence-electron chi connectivity index (χ2n) is 7.52. The standard InChI is InChI=1S/C23H20ClFN4O2/c24-20-2-1-15(9-21(20)25)14-29-4-3-16(10-22(29)30)19-13-27-23-18(19)11-17(12-26-23)28-5-7-31-8-6-28/h1-4,9-13H,5-8,14H2,(H,26,27). The van der Waals surface area contributed by atoms with Crippen molar-refractivity contribution in [2.75, 3.05) is 31.2 Å². The van der Waals surface area contributed by atoms with E-state index in [9.17, 15) is 9.18 Å². The van der Waals surface area contributed by atoms with Crippen molar-refractivity contribution in [2.45, 2.75) is 6.54 Å². The first-order valence-electron chi connectivity index (χ1n) is 10.0. The lowest BCUT2D eigenvalue weighted by Crippen LogP contribution is -2.36. The van der Waals surface area contributed by atoms with Crippen molar-refractivity contribution in [3.63, 3.8) is 0 Å². The topological polar surface area (TPSA) is 63.1 Å². The van der Waals surface area contributed by atoms with Gasteiger partial charge in [-0.3, -0.25) is 4.79 Å². The van der Waals surface area contributed by atoms with Crippen molar-refractivity contribution >= 4 is 28.3 Å². The number of aromatic amines is 1. The van der Waals surface area contributed by atoms with Gasteiger partial charge in [0.2, 0.25) is 0 Å². The molecule has 0 radical (unpaired) electrons. The normalized spacial score (nSPS) is 14.3. The Morgan fingerprint density at radius 2 is 2.00 bits per heavy atom. The molecule has 8 heteroatoms. The average Bonchev–Trinajstić information content (AvgIpc) is 3.21. The van der Waals surface area contributed by atoms with E-state index in [-0.39, 0.29) is 17.1 Å². The minimum atomic E-state index is -0.494. The van der Waals surface area contributed by atoms with Crippen molar-refractivity contribution in [1.82, 2.24) is 14.5 Å². The Labute approximate surface area is 182 Å². The molecule has 1 aliphatic heterocycles. The SMILES string of the molecule is O=c1cc(-c2c[nH]c3ncc(N4CCOCC4)cc23)ccn1Cc1ccc(Cl)c(F)c1. The van der Waals surface area contributed by atoms with E-state index in [1.807, 2.05) is 18.5 Å². The molecule has 0 atom stereocenters. The Morgan fingerprint density at radius 1 is 1.16 bits per heavy atom. The summed E-state index contributed by atoms with van der Waals surface area (Å²) in [5.41, 5.74) is 4.03. The van der Waals surface area contributed by atoms with Crippen molar-refractivity contribution in [3.05, 3.63) is 81.7 Å². The molecule has 1 aliphatic rings. The summed E-state index contributed by atoms with van der Waals surface area (Å²) in [4.78, 5) is 22.7. The number of nitrogens with one attached hydrogen (secondary N) is 1. The van der Waals surface area contributed by atoms with Crippen LogP contribution in [0.4, 0.5) is 10.1 Å². The largest absolute Gasteiger partial charge is 0.378 e. The zero-order chi connectivity index (χ0) is 21.4. The molecule has 0 bridgehead atoms. The van der Waals surface area contributed by atoms with E-state index in [1.54, 1.807) is 22.9 Å². The maximum absolute atomic E-state index is 13.7. The Bertz CT molecular complexity index is 1310. The summed E-state index contributed by atoms with van der Waals surface area (Å²) >= 11 is 5.74. The third-order valence-electron chi connectivity index (χ3n) is 5.54. The number of benzene rings is 1. The van der Waals surface area contributed by atoms with Gasteiger partial charge in [0.05, 0.1) is 36.7 Å². The monoisotopic (exact) mass is 438 g/mol. The van der Waals surface area contributed by atoms with Crippen LogP contribution < -0.4 is 10.5 Å². The molecule has 6 nitrogen and oxygen atoms in total. The predicted octanol–water partition coefficient (Wildman–Crippen LogP) is 4.07. The molecule has 1 aromatic carbocycles. The number of anilines is 1. The number of nitrogens with zero attached hydrogens (tertiary/aromatic N) is 3. The quantitative estimate of drug-likeness (QED) is 0.521. The number of ether oxygens (including phenoxy) is 1. The van der Waals surface area contributed by atoms with Gasteiger partial charge in [-0.05, 0) is 35.4 Å². The Morgan fingerprint density at radius 3 is 2.77 bits per heavy atom. The third kappa shape index (κ3) is 3.94. The minimum absolute atomic E-state index is 0.0656. The van der Waals surface area contributed by atoms with Gasteiger partial charge in [-0.1, -0.05) is 17.7 Å². The lowest BCUT2D eigenvalue weighted by molar-refractivity contribution is 0.122. The number of aromatic nitrogens is 3. The van der Waals surface area contributed by atoms with Crippen LogP contribution in [0.2, 0.25) is 5.02 Å². The molecule has 1 saturated heterocycles. The van der Waals surface area contributed by atoms with Crippen LogP contribution in [-0.4, -0.2) is 40.8 Å². The summed E-state index contributed by atoms with van der Waals surface area (Å²) in [7, 11) is 0. The fourth-order valence-corrected chi connectivity index (χ4v) is 3.98. The zero-order valence-electron chi connectivity index (χ0n) is 16.6. The van der Waals surface area contributed by atoms with Gasteiger partial charge >= 0.3 is 0 Å². The molecule has 0 amide bonds. The fraction of sp³-hybridized carbons (Fsp3) is 0.217. The lowest BCUT2D eigenvalue weighted by Gasteiger charge is -2.28. The molecule has 4 aromatic rings. The summed E-state index contributed by atoms with van der Waals surface area (Å²) < 4.78 is 20.7. The minimum Gasteiger partial charge on any atom is -0.378 e. The lowest BCUT2D eigenvalue weighted by atomic mass is 10.1. The van der Waals surface area contributed by atoms with E-state index in [0.29, 0.717) is 18.8 Å². The predicted molar refractivity (Wildman–Crippen MR) is 119 cm³/mol. The molecule has 0 spiro atoms. The molecular formula is C23H20ClFN4O2. The van der Waals surface area contributed by atoms with Crippen LogP contribution in [0.15, 0.2) is 59.8 Å². The van der Waals surface area contributed by atoms with Gasteiger partial charge in [0.15, 0.2) is 0 Å². The van der Waals surface area contributed by atoms with Gasteiger partial charge in [-0.2, -0.15) is 0 Å². The van der Waals surface area contributed by atoms with Gasteiger partial charge in [0, 0.05) is 42.5 Å². The van der Waals surface area contributed by atoms with Crippen LogP contribution in [0.1, 0.15) is 5.56 Å². The van der Waals surface area contributed by atoms with Gasteiger partial charge < -0.3 is 19.2 Å². The molecule has 5 rings (SSSR count). The molecular weight excluding hydrogens is 419 g/mol. The molecule has 1 fully saturated rings. The van der Waals surface area contributed by atoms with Gasteiger partial charge in [0.25, 0.3) is 5.56 Å². The Kier molecular flexibility index (Phi) is 5.21. The number of halogens is 2. The molecule has 158 valence electrons. The second kappa shape index (κ2) is 8.17. The van der Waals surface area contributed by atoms with Crippen LogP contribution in [0.5, 0.6) is 0 Å². The number of morpholine rings is 1. The van der Waals surface area contributed by atoms with E-state index in [1.165, 1.54) is 12.1 Å². The fourth-order valence-electron chi connectivity index (χ4n) is 3.87. The number of H-pyrrole nitrogens is 1. The first-order valence-corrected chi connectivity index (χ1v) is 10.4. The smallest absolute Gasteiger partial charge is 0.251 e. The van der Waals surface area contributed by atoms with E-state index in [4.69, 9.17) is 16.3 Å². The molecule has 0 unspecified atom stereocenters. The summed E-state index contributed by atoms with van der Waals surface area (Å²) in [6, 6.07) is 10.1. The van der Waals surface area contributed by atoms with Crippen molar-refractivity contribution in [3.8, 4) is 11.1 Å². The maximum atomic E-state index is 13.7. The van der Waals surface area contributed by atoms with E-state index in [0.717, 1.165) is 40.9 Å². The van der Waals surface area contributed by atoms with Crippen molar-refractivity contribution in [1.29, 1.82) is 0 Å². The van der Waals surface area contributed by atoms with Crippen molar-refractivity contribution in [2.24, 2.45) is 0 Å². The van der Waals surface area contributed by atoms with Crippen LogP contribution in [-0.2, 0) is 11.3 Å². The summed E-state index contributed by atoms with van der Waals surface area (Å²) in [5, 5.41) is 1.02. The van der Waals surface area contributed by atoms with Crippen molar-refractivity contribution < 1.29 is 9.13 Å². The molecule has 3 aromatic heterocycles. The van der Waals surface area contributed by atoms with E-state index in [2.05, 4.69) is 20.9 Å². The Balaban J connectivity index is 1.46.